The normalized spacial score (nSPS) is 22.5. The Labute approximate surface area is 150 Å². The Morgan fingerprint density at radius 1 is 1.20 bits per heavy atom. The molecule has 0 radical (unpaired) electrons. The van der Waals surface area contributed by atoms with E-state index < -0.39 is 17.8 Å². The number of nitrogens with zero attached hydrogens (tertiary/aromatic N) is 2. The number of aliphatic hydroxyl groups is 2. The molecule has 1 aliphatic heterocycles. The molecule has 1 aliphatic rings. The summed E-state index contributed by atoms with van der Waals surface area (Å²) in [6.07, 6.45) is -0.533. The van der Waals surface area contributed by atoms with E-state index in [-0.39, 0.29) is 19.2 Å². The third-order valence-corrected chi connectivity index (χ3v) is 4.17. The van der Waals surface area contributed by atoms with E-state index in [1.165, 1.54) is 0 Å². The molecule has 1 heterocycles. The maximum absolute atomic E-state index is 12.4. The number of hydrogen-bond donors (Lipinski definition) is 2. The zero-order chi connectivity index (χ0) is 18.4. The van der Waals surface area contributed by atoms with Crippen LogP contribution in [0.15, 0.2) is 30.3 Å². The second-order valence-electron chi connectivity index (χ2n) is 7.62. The van der Waals surface area contributed by atoms with Crippen molar-refractivity contribution in [1.29, 1.82) is 0 Å². The first-order valence-corrected chi connectivity index (χ1v) is 8.83. The standard InChI is InChI=1S/C19H30N2O4/c1-19(2,3)25-18(24)21-12-16(9-10-22)20(13-17(23)14-21)11-15-7-5-4-6-8-15/h4-8,16-17,22-23H,9-14H2,1-3H3/t16-,17-/m1/s1. The molecular formula is C19H30N2O4. The van der Waals surface area contributed by atoms with Gasteiger partial charge in [-0.1, -0.05) is 30.3 Å². The Hall–Kier alpha value is -1.63. The minimum atomic E-state index is -0.653. The first-order chi connectivity index (χ1) is 11.8. The van der Waals surface area contributed by atoms with Crippen LogP contribution in [0.4, 0.5) is 4.79 Å². The molecule has 0 unspecified atom stereocenters. The Balaban J connectivity index is 2.13. The summed E-state index contributed by atoms with van der Waals surface area (Å²) in [5, 5.41) is 19.8. The van der Waals surface area contributed by atoms with Crippen molar-refractivity contribution in [2.75, 3.05) is 26.2 Å². The topological polar surface area (TPSA) is 73.2 Å². The highest BCUT2D eigenvalue weighted by Crippen LogP contribution is 2.19. The number of benzene rings is 1. The van der Waals surface area contributed by atoms with Gasteiger partial charge in [0.15, 0.2) is 0 Å². The van der Waals surface area contributed by atoms with Gasteiger partial charge in [0.2, 0.25) is 0 Å². The van der Waals surface area contributed by atoms with Crippen LogP contribution in [0.1, 0.15) is 32.8 Å². The lowest BCUT2D eigenvalue weighted by Gasteiger charge is -2.32. The summed E-state index contributed by atoms with van der Waals surface area (Å²) in [5.74, 6) is 0. The van der Waals surface area contributed by atoms with Gasteiger partial charge in [-0.25, -0.2) is 4.79 Å². The number of hydrogen-bond acceptors (Lipinski definition) is 5. The van der Waals surface area contributed by atoms with Gasteiger partial charge >= 0.3 is 6.09 Å². The van der Waals surface area contributed by atoms with E-state index in [9.17, 15) is 15.0 Å². The molecule has 1 aromatic carbocycles. The Morgan fingerprint density at radius 2 is 1.88 bits per heavy atom. The first kappa shape index (κ1) is 19.7. The molecule has 0 spiro atoms. The molecule has 2 rings (SSSR count). The molecule has 0 bridgehead atoms. The molecule has 6 nitrogen and oxygen atoms in total. The van der Waals surface area contributed by atoms with E-state index >= 15 is 0 Å². The van der Waals surface area contributed by atoms with Gasteiger partial charge in [0.25, 0.3) is 0 Å². The van der Waals surface area contributed by atoms with Crippen molar-refractivity contribution in [3.63, 3.8) is 0 Å². The van der Waals surface area contributed by atoms with E-state index in [0.29, 0.717) is 26.1 Å². The minimum Gasteiger partial charge on any atom is -0.444 e. The summed E-state index contributed by atoms with van der Waals surface area (Å²) in [6, 6.07) is 9.98. The molecule has 2 N–H and O–H groups in total. The van der Waals surface area contributed by atoms with Crippen molar-refractivity contribution in [2.24, 2.45) is 0 Å². The molecular weight excluding hydrogens is 320 g/mol. The molecule has 1 amide bonds. The molecule has 140 valence electrons. The lowest BCUT2D eigenvalue weighted by molar-refractivity contribution is 0.0171. The van der Waals surface area contributed by atoms with Crippen LogP contribution in [0.3, 0.4) is 0 Å². The molecule has 0 saturated carbocycles. The van der Waals surface area contributed by atoms with Crippen molar-refractivity contribution in [2.45, 2.75) is 51.5 Å². The lowest BCUT2D eigenvalue weighted by atomic mass is 10.1. The number of amides is 1. The van der Waals surface area contributed by atoms with Gasteiger partial charge in [-0.2, -0.15) is 0 Å². The van der Waals surface area contributed by atoms with Crippen LogP contribution in [-0.2, 0) is 11.3 Å². The average Bonchev–Trinajstić information content (AvgIpc) is 2.66. The van der Waals surface area contributed by atoms with Gasteiger partial charge in [-0.15, -0.1) is 0 Å². The summed E-state index contributed by atoms with van der Waals surface area (Å²) >= 11 is 0. The Kier molecular flexibility index (Phi) is 6.81. The molecule has 1 fully saturated rings. The maximum Gasteiger partial charge on any atom is 0.410 e. The van der Waals surface area contributed by atoms with Gasteiger partial charge in [-0.3, -0.25) is 4.90 Å². The van der Waals surface area contributed by atoms with Crippen molar-refractivity contribution < 1.29 is 19.7 Å². The van der Waals surface area contributed by atoms with Crippen molar-refractivity contribution in [3.05, 3.63) is 35.9 Å². The zero-order valence-electron chi connectivity index (χ0n) is 15.4. The van der Waals surface area contributed by atoms with Gasteiger partial charge in [0, 0.05) is 32.3 Å². The molecule has 6 heteroatoms. The number of rotatable bonds is 4. The number of aliphatic hydroxyl groups excluding tert-OH is 2. The van der Waals surface area contributed by atoms with E-state index in [0.717, 1.165) is 5.56 Å². The van der Waals surface area contributed by atoms with E-state index in [1.807, 2.05) is 51.1 Å². The summed E-state index contributed by atoms with van der Waals surface area (Å²) in [5.41, 5.74) is 0.563. The average molecular weight is 350 g/mol. The van der Waals surface area contributed by atoms with Gasteiger partial charge < -0.3 is 19.8 Å². The van der Waals surface area contributed by atoms with Crippen molar-refractivity contribution >= 4 is 6.09 Å². The quantitative estimate of drug-likeness (QED) is 0.867. The number of carbonyl (C=O) groups is 1. The SMILES string of the molecule is CC(C)(C)OC(=O)N1C[C@H](O)CN(Cc2ccccc2)[C@H](CCO)C1. The smallest absolute Gasteiger partial charge is 0.410 e. The van der Waals surface area contributed by atoms with E-state index in [1.54, 1.807) is 4.90 Å². The van der Waals surface area contributed by atoms with Gasteiger partial charge in [-0.05, 0) is 32.8 Å². The maximum atomic E-state index is 12.4. The number of carbonyl (C=O) groups excluding carboxylic acids is 1. The second kappa shape index (κ2) is 8.65. The van der Waals surface area contributed by atoms with Gasteiger partial charge in [0.1, 0.15) is 5.60 Å². The van der Waals surface area contributed by atoms with Crippen LogP contribution < -0.4 is 0 Å². The van der Waals surface area contributed by atoms with Crippen LogP contribution in [-0.4, -0.2) is 70.1 Å². The lowest BCUT2D eigenvalue weighted by Crippen LogP contribution is -2.44. The van der Waals surface area contributed by atoms with E-state index in [4.69, 9.17) is 4.74 Å². The molecule has 1 saturated heterocycles. The second-order valence-corrected chi connectivity index (χ2v) is 7.62. The minimum absolute atomic E-state index is 0.0325. The predicted molar refractivity (Wildman–Crippen MR) is 96.2 cm³/mol. The van der Waals surface area contributed by atoms with Crippen molar-refractivity contribution in [1.82, 2.24) is 9.80 Å². The third-order valence-electron chi connectivity index (χ3n) is 4.17. The predicted octanol–water partition coefficient (Wildman–Crippen LogP) is 1.85. The molecule has 25 heavy (non-hydrogen) atoms. The highest BCUT2D eigenvalue weighted by Gasteiger charge is 2.33. The monoisotopic (exact) mass is 350 g/mol. The molecule has 0 aromatic heterocycles. The van der Waals surface area contributed by atoms with Crippen molar-refractivity contribution in [3.8, 4) is 0 Å². The largest absolute Gasteiger partial charge is 0.444 e. The highest BCUT2D eigenvalue weighted by molar-refractivity contribution is 5.68. The van der Waals surface area contributed by atoms with Crippen LogP contribution >= 0.6 is 0 Å². The Morgan fingerprint density at radius 3 is 2.48 bits per heavy atom. The molecule has 1 aromatic rings. The summed E-state index contributed by atoms with van der Waals surface area (Å²) in [6.45, 7) is 7.31. The zero-order valence-corrected chi connectivity index (χ0v) is 15.4. The fraction of sp³-hybridized carbons (Fsp3) is 0.632. The third kappa shape index (κ3) is 6.30. The van der Waals surface area contributed by atoms with Gasteiger partial charge in [0.05, 0.1) is 12.6 Å². The summed E-state index contributed by atoms with van der Waals surface area (Å²) in [4.78, 5) is 16.1. The molecule has 2 atom stereocenters. The number of ether oxygens (including phenoxy) is 1. The highest BCUT2D eigenvalue weighted by atomic mass is 16.6. The molecule has 0 aliphatic carbocycles. The summed E-state index contributed by atoms with van der Waals surface area (Å²) < 4.78 is 5.46. The van der Waals surface area contributed by atoms with E-state index in [2.05, 4.69) is 4.90 Å². The first-order valence-electron chi connectivity index (χ1n) is 8.83. The fourth-order valence-electron chi connectivity index (χ4n) is 3.09. The van der Waals surface area contributed by atoms with Crippen LogP contribution in [0.5, 0.6) is 0 Å². The number of β-amino-alcohol motifs (C(OH)–C–C–N with tert-alkyl or cyclic N) is 1. The van der Waals surface area contributed by atoms with Crippen LogP contribution in [0, 0.1) is 0 Å². The fourth-order valence-corrected chi connectivity index (χ4v) is 3.09. The van der Waals surface area contributed by atoms with Crippen LogP contribution in [0.2, 0.25) is 0 Å². The summed E-state index contributed by atoms with van der Waals surface area (Å²) in [7, 11) is 0. The Bertz CT molecular complexity index is 544. The van der Waals surface area contributed by atoms with Crippen LogP contribution in [0.25, 0.3) is 0 Å².